The monoisotopic (exact) mass is 442 g/mol. The van der Waals surface area contributed by atoms with Crippen LogP contribution in [0.1, 0.15) is 6.92 Å². The molecular formula is C16H15BrN2O4S2. The number of hydrogen-bond donors (Lipinski definition) is 1. The second-order valence-electron chi connectivity index (χ2n) is 5.20. The number of nitrogens with one attached hydrogen (secondary N) is 1. The van der Waals surface area contributed by atoms with Crippen molar-refractivity contribution in [2.45, 2.75) is 18.4 Å². The quantitative estimate of drug-likeness (QED) is 0.653. The number of thiazole rings is 1. The van der Waals surface area contributed by atoms with Crippen LogP contribution in [0.25, 0.3) is 10.2 Å². The number of rotatable bonds is 5. The Morgan fingerprint density at radius 3 is 2.64 bits per heavy atom. The van der Waals surface area contributed by atoms with Crippen LogP contribution in [-0.2, 0) is 16.6 Å². The van der Waals surface area contributed by atoms with Gasteiger partial charge in [0.25, 0.3) is 10.0 Å². The fourth-order valence-corrected chi connectivity index (χ4v) is 5.22. The first-order valence-corrected chi connectivity index (χ1v) is 10.4. The Labute approximate surface area is 157 Å². The van der Waals surface area contributed by atoms with Crippen LogP contribution in [0.15, 0.2) is 50.6 Å². The Morgan fingerprint density at radius 2 is 2.00 bits per heavy atom. The van der Waals surface area contributed by atoms with Crippen molar-refractivity contribution in [2.24, 2.45) is 0 Å². The lowest BCUT2D eigenvalue weighted by molar-refractivity contribution is 0.411. The fraction of sp³-hybridized carbons (Fsp3) is 0.188. The standard InChI is InChI=1S/C16H15BrN2O4S2/c1-3-19-13-6-4-10(8-15(13)24-16(19)20)18-25(21,22)11-5-7-14(23-2)12(17)9-11/h4-9,18H,3H2,1-2H3. The molecule has 6 nitrogen and oxygen atoms in total. The van der Waals surface area contributed by atoms with Crippen molar-refractivity contribution in [1.29, 1.82) is 0 Å². The summed E-state index contributed by atoms with van der Waals surface area (Å²) in [6.45, 7) is 2.47. The van der Waals surface area contributed by atoms with E-state index in [1.165, 1.54) is 19.2 Å². The molecule has 0 unspecified atom stereocenters. The van der Waals surface area contributed by atoms with Crippen molar-refractivity contribution < 1.29 is 13.2 Å². The largest absolute Gasteiger partial charge is 0.496 e. The summed E-state index contributed by atoms with van der Waals surface area (Å²) in [7, 11) is -2.24. The van der Waals surface area contributed by atoms with Crippen molar-refractivity contribution in [3.63, 3.8) is 0 Å². The zero-order chi connectivity index (χ0) is 18.2. The van der Waals surface area contributed by atoms with Crippen LogP contribution in [-0.4, -0.2) is 20.1 Å². The van der Waals surface area contributed by atoms with Gasteiger partial charge in [-0.2, -0.15) is 0 Å². The van der Waals surface area contributed by atoms with E-state index < -0.39 is 10.0 Å². The molecule has 0 spiro atoms. The summed E-state index contributed by atoms with van der Waals surface area (Å²) < 4.78 is 35.8. The normalized spacial score (nSPS) is 11.6. The number of anilines is 1. The highest BCUT2D eigenvalue weighted by molar-refractivity contribution is 9.10. The van der Waals surface area contributed by atoms with Crippen LogP contribution in [0.2, 0.25) is 0 Å². The number of aryl methyl sites for hydroxylation is 1. The second-order valence-corrected chi connectivity index (χ2v) is 8.73. The summed E-state index contributed by atoms with van der Waals surface area (Å²) in [6.07, 6.45) is 0. The Kier molecular flexibility index (Phi) is 4.90. The third-order valence-corrected chi connectivity index (χ3v) is 6.61. The molecule has 0 saturated carbocycles. The molecule has 132 valence electrons. The van der Waals surface area contributed by atoms with Gasteiger partial charge in [0, 0.05) is 6.54 Å². The van der Waals surface area contributed by atoms with E-state index in [1.807, 2.05) is 6.92 Å². The first kappa shape index (κ1) is 18.0. The number of aromatic nitrogens is 1. The third kappa shape index (κ3) is 3.44. The second kappa shape index (κ2) is 6.81. The minimum atomic E-state index is -3.75. The summed E-state index contributed by atoms with van der Waals surface area (Å²) in [6, 6.07) is 9.59. The van der Waals surface area contributed by atoms with E-state index in [2.05, 4.69) is 20.7 Å². The van der Waals surface area contributed by atoms with Gasteiger partial charge in [-0.1, -0.05) is 11.3 Å². The highest BCUT2D eigenvalue weighted by atomic mass is 79.9. The molecular weight excluding hydrogens is 428 g/mol. The van der Waals surface area contributed by atoms with Gasteiger partial charge in [0.15, 0.2) is 0 Å². The van der Waals surface area contributed by atoms with Crippen molar-refractivity contribution >= 4 is 53.2 Å². The van der Waals surface area contributed by atoms with Gasteiger partial charge in [0.2, 0.25) is 0 Å². The lowest BCUT2D eigenvalue weighted by atomic mass is 10.3. The lowest BCUT2D eigenvalue weighted by Gasteiger charge is -2.10. The number of sulfonamides is 1. The summed E-state index contributed by atoms with van der Waals surface area (Å²) in [5.74, 6) is 0.547. The van der Waals surface area contributed by atoms with Crippen LogP contribution in [0.5, 0.6) is 5.75 Å². The predicted octanol–water partition coefficient (Wildman–Crippen LogP) is 3.65. The van der Waals surface area contributed by atoms with Gasteiger partial charge in [0.05, 0.1) is 32.4 Å². The van der Waals surface area contributed by atoms with Gasteiger partial charge in [-0.3, -0.25) is 14.1 Å². The molecule has 0 saturated heterocycles. The topological polar surface area (TPSA) is 77.4 Å². The van der Waals surface area contributed by atoms with E-state index >= 15 is 0 Å². The summed E-state index contributed by atoms with van der Waals surface area (Å²) in [4.78, 5) is 12.0. The van der Waals surface area contributed by atoms with Crippen molar-refractivity contribution in [3.8, 4) is 5.75 Å². The van der Waals surface area contributed by atoms with Crippen LogP contribution in [0.3, 0.4) is 0 Å². The number of methoxy groups -OCH3 is 1. The zero-order valence-electron chi connectivity index (χ0n) is 13.4. The van der Waals surface area contributed by atoms with Crippen molar-refractivity contribution in [1.82, 2.24) is 4.57 Å². The number of ether oxygens (including phenoxy) is 1. The fourth-order valence-electron chi connectivity index (χ4n) is 2.46. The summed E-state index contributed by atoms with van der Waals surface area (Å²) >= 11 is 4.38. The average Bonchev–Trinajstić information content (AvgIpc) is 2.88. The number of benzene rings is 2. The molecule has 0 aliphatic rings. The summed E-state index contributed by atoms with van der Waals surface area (Å²) in [5, 5.41) is 0. The van der Waals surface area contributed by atoms with Gasteiger partial charge < -0.3 is 4.74 Å². The first-order chi connectivity index (χ1) is 11.9. The minimum Gasteiger partial charge on any atom is -0.496 e. The van der Waals surface area contributed by atoms with Crippen LogP contribution in [0.4, 0.5) is 5.69 Å². The molecule has 2 aromatic carbocycles. The van der Waals surface area contributed by atoms with Crippen molar-refractivity contribution in [3.05, 3.63) is 50.5 Å². The van der Waals surface area contributed by atoms with Gasteiger partial charge in [-0.25, -0.2) is 8.42 Å². The minimum absolute atomic E-state index is 0.0587. The van der Waals surface area contributed by atoms with E-state index in [9.17, 15) is 13.2 Å². The van der Waals surface area contributed by atoms with Gasteiger partial charge >= 0.3 is 4.87 Å². The molecule has 0 atom stereocenters. The molecule has 0 amide bonds. The number of hydrogen-bond acceptors (Lipinski definition) is 5. The van der Waals surface area contributed by atoms with E-state index in [4.69, 9.17) is 4.74 Å². The van der Waals surface area contributed by atoms with Crippen LogP contribution >= 0.6 is 27.3 Å². The highest BCUT2D eigenvalue weighted by Gasteiger charge is 2.17. The Hall–Kier alpha value is -1.84. The van der Waals surface area contributed by atoms with Gasteiger partial charge in [0.1, 0.15) is 5.75 Å². The molecule has 0 aliphatic carbocycles. The first-order valence-electron chi connectivity index (χ1n) is 7.35. The maximum absolute atomic E-state index is 12.6. The predicted molar refractivity (Wildman–Crippen MR) is 103 cm³/mol. The number of halogens is 1. The van der Waals surface area contributed by atoms with E-state index in [1.54, 1.807) is 28.8 Å². The van der Waals surface area contributed by atoms with E-state index in [0.717, 1.165) is 21.6 Å². The molecule has 0 aliphatic heterocycles. The Balaban J connectivity index is 1.96. The Bertz CT molecular complexity index is 1100. The van der Waals surface area contributed by atoms with E-state index in [-0.39, 0.29) is 9.77 Å². The maximum Gasteiger partial charge on any atom is 0.308 e. The lowest BCUT2D eigenvalue weighted by Crippen LogP contribution is -2.13. The zero-order valence-corrected chi connectivity index (χ0v) is 16.7. The summed E-state index contributed by atoms with van der Waals surface area (Å²) in [5.41, 5.74) is 1.21. The van der Waals surface area contributed by atoms with Crippen LogP contribution < -0.4 is 14.3 Å². The van der Waals surface area contributed by atoms with Gasteiger partial charge in [-0.15, -0.1) is 0 Å². The third-order valence-electron chi connectivity index (χ3n) is 3.67. The van der Waals surface area contributed by atoms with E-state index in [0.29, 0.717) is 22.5 Å². The molecule has 9 heteroatoms. The molecule has 25 heavy (non-hydrogen) atoms. The SMILES string of the molecule is CCn1c(=O)sc2cc(NS(=O)(=O)c3ccc(OC)c(Br)c3)ccc21. The Morgan fingerprint density at radius 1 is 1.24 bits per heavy atom. The average molecular weight is 443 g/mol. The van der Waals surface area contributed by atoms with Crippen molar-refractivity contribution in [2.75, 3.05) is 11.8 Å². The molecule has 0 radical (unpaired) electrons. The molecule has 3 aromatic rings. The molecule has 3 rings (SSSR count). The molecule has 1 aromatic heterocycles. The smallest absolute Gasteiger partial charge is 0.308 e. The molecule has 1 N–H and O–H groups in total. The van der Waals surface area contributed by atoms with Gasteiger partial charge in [-0.05, 0) is 59.3 Å². The molecule has 0 bridgehead atoms. The number of nitrogens with zero attached hydrogens (tertiary/aromatic N) is 1. The maximum atomic E-state index is 12.6. The number of fused-ring (bicyclic) bond motifs is 1. The van der Waals surface area contributed by atoms with Crippen LogP contribution in [0, 0.1) is 0 Å². The molecule has 0 fully saturated rings. The molecule has 1 heterocycles. The highest BCUT2D eigenvalue weighted by Crippen LogP contribution is 2.29.